The zero-order chi connectivity index (χ0) is 16.8. The molecule has 2 aromatic carbocycles. The van der Waals surface area contributed by atoms with E-state index < -0.39 is 17.4 Å². The van der Waals surface area contributed by atoms with Gasteiger partial charge in [0.1, 0.15) is 6.29 Å². The average Bonchev–Trinajstić information content (AvgIpc) is 2.80. The van der Waals surface area contributed by atoms with Gasteiger partial charge in [-0.25, -0.2) is 0 Å². The van der Waals surface area contributed by atoms with Gasteiger partial charge in [-0.05, 0) is 29.8 Å². The quantitative estimate of drug-likeness (QED) is 0.586. The molecule has 1 heterocycles. The number of benzene rings is 2. The summed E-state index contributed by atoms with van der Waals surface area (Å²) < 4.78 is 0. The number of hydrogen-bond acceptors (Lipinski definition) is 4. The topological polar surface area (TPSA) is 92.4 Å². The second-order valence-corrected chi connectivity index (χ2v) is 6.09. The first-order valence-corrected chi connectivity index (χ1v) is 7.48. The van der Waals surface area contributed by atoms with E-state index in [2.05, 4.69) is 5.32 Å². The monoisotopic (exact) mass is 350 g/mol. The van der Waals surface area contributed by atoms with Gasteiger partial charge in [0.2, 0.25) is 0 Å². The minimum Gasteiger partial charge on any atom is -0.399 e. The molecule has 0 fully saturated rings. The third-order valence-corrected chi connectivity index (χ3v) is 4.58. The van der Waals surface area contributed by atoms with E-state index in [0.29, 0.717) is 17.5 Å². The number of aliphatic hydroxyl groups is 1. The third-order valence-electron chi connectivity index (χ3n) is 3.95. The van der Waals surface area contributed by atoms with Crippen LogP contribution in [0.25, 0.3) is 0 Å². The van der Waals surface area contributed by atoms with Crippen molar-refractivity contribution in [2.75, 3.05) is 11.1 Å². The minimum atomic E-state index is -2.14. The summed E-state index contributed by atoms with van der Waals surface area (Å²) in [6.07, 6.45) is 0.511. The summed E-state index contributed by atoms with van der Waals surface area (Å²) in [5.41, 5.74) is 4.75. The molecule has 0 saturated carbocycles. The van der Waals surface area contributed by atoms with Gasteiger partial charge >= 0.3 is 0 Å². The van der Waals surface area contributed by atoms with Crippen LogP contribution in [-0.2, 0) is 15.2 Å². The normalized spacial score (nSPS) is 20.7. The summed E-state index contributed by atoms with van der Waals surface area (Å²) in [6, 6.07) is 9.31. The van der Waals surface area contributed by atoms with Gasteiger partial charge in [0, 0.05) is 16.3 Å². The lowest BCUT2D eigenvalue weighted by Gasteiger charge is -2.28. The predicted molar refractivity (Wildman–Crippen MR) is 88.6 cm³/mol. The van der Waals surface area contributed by atoms with E-state index in [0.717, 1.165) is 0 Å². The Balaban J connectivity index is 2.22. The molecule has 0 aromatic heterocycles. The number of nitrogen functional groups attached to an aromatic ring is 1. The Morgan fingerprint density at radius 2 is 1.74 bits per heavy atom. The van der Waals surface area contributed by atoms with Crippen LogP contribution in [0.2, 0.25) is 10.0 Å². The summed E-state index contributed by atoms with van der Waals surface area (Å²) in [5, 5.41) is 14.0. The number of carbonyl (C=O) groups is 2. The summed E-state index contributed by atoms with van der Waals surface area (Å²) in [6.45, 7) is 0. The fourth-order valence-electron chi connectivity index (χ4n) is 2.79. The van der Waals surface area contributed by atoms with Gasteiger partial charge in [-0.3, -0.25) is 4.79 Å². The van der Waals surface area contributed by atoms with E-state index in [1.165, 1.54) is 12.1 Å². The van der Waals surface area contributed by atoms with Gasteiger partial charge < -0.3 is 21.0 Å². The molecule has 0 aliphatic carbocycles. The highest BCUT2D eigenvalue weighted by molar-refractivity contribution is 6.38. The van der Waals surface area contributed by atoms with Crippen LogP contribution in [-0.4, -0.2) is 17.3 Å². The number of nitrogens with one attached hydrogen (secondary N) is 1. The standard InChI is InChI=1S/C16H12Cl2N2O3/c17-11-5-6-12(18)14-13(11)16(23,15(22)20-14)10(7-21)8-1-3-9(19)4-2-8/h1-7,10,23H,19H2,(H,20,22). The molecular formula is C16H12Cl2N2O3. The van der Waals surface area contributed by atoms with Crippen molar-refractivity contribution in [2.45, 2.75) is 11.5 Å². The lowest BCUT2D eigenvalue weighted by atomic mass is 9.78. The lowest BCUT2D eigenvalue weighted by Crippen LogP contribution is -2.41. The van der Waals surface area contributed by atoms with Crippen molar-refractivity contribution < 1.29 is 14.7 Å². The number of fused-ring (bicyclic) bond motifs is 1. The van der Waals surface area contributed by atoms with Crippen LogP contribution in [0.5, 0.6) is 0 Å². The van der Waals surface area contributed by atoms with E-state index in [1.807, 2.05) is 0 Å². The van der Waals surface area contributed by atoms with Crippen molar-refractivity contribution in [1.29, 1.82) is 0 Å². The summed E-state index contributed by atoms with van der Waals surface area (Å²) >= 11 is 12.2. The maximum absolute atomic E-state index is 12.4. The molecular weight excluding hydrogens is 339 g/mol. The van der Waals surface area contributed by atoms with Crippen molar-refractivity contribution in [1.82, 2.24) is 0 Å². The SMILES string of the molecule is Nc1ccc(C(C=O)C2(O)C(=O)Nc3c(Cl)ccc(Cl)c32)cc1. The van der Waals surface area contributed by atoms with Crippen LogP contribution in [0.1, 0.15) is 17.0 Å². The Hall–Kier alpha value is -2.08. The fourth-order valence-corrected chi connectivity index (χ4v) is 3.29. The van der Waals surface area contributed by atoms with Crippen molar-refractivity contribution >= 4 is 46.8 Å². The molecule has 5 nitrogen and oxygen atoms in total. The lowest BCUT2D eigenvalue weighted by molar-refractivity contribution is -0.139. The Bertz CT molecular complexity index is 808. The number of carbonyl (C=O) groups excluding carboxylic acids is 2. The van der Waals surface area contributed by atoms with Crippen LogP contribution in [0.4, 0.5) is 11.4 Å². The van der Waals surface area contributed by atoms with Crippen molar-refractivity contribution in [3.63, 3.8) is 0 Å². The number of rotatable bonds is 3. The smallest absolute Gasteiger partial charge is 0.262 e. The minimum absolute atomic E-state index is 0.102. The molecule has 0 radical (unpaired) electrons. The van der Waals surface area contributed by atoms with Crippen molar-refractivity contribution in [3.05, 3.63) is 57.6 Å². The molecule has 0 bridgehead atoms. The first-order chi connectivity index (χ1) is 10.9. The Morgan fingerprint density at radius 1 is 1.13 bits per heavy atom. The van der Waals surface area contributed by atoms with Crippen LogP contribution in [0.15, 0.2) is 36.4 Å². The van der Waals surface area contributed by atoms with E-state index in [-0.39, 0.29) is 21.3 Å². The molecule has 1 amide bonds. The predicted octanol–water partition coefficient (Wildman–Crippen LogP) is 2.70. The molecule has 2 unspecified atom stereocenters. The van der Waals surface area contributed by atoms with E-state index in [9.17, 15) is 14.7 Å². The van der Waals surface area contributed by atoms with E-state index >= 15 is 0 Å². The van der Waals surface area contributed by atoms with E-state index in [4.69, 9.17) is 28.9 Å². The largest absolute Gasteiger partial charge is 0.399 e. The van der Waals surface area contributed by atoms with Crippen LogP contribution in [0, 0.1) is 0 Å². The zero-order valence-corrected chi connectivity index (χ0v) is 13.2. The third kappa shape index (κ3) is 2.28. The van der Waals surface area contributed by atoms with Crippen LogP contribution >= 0.6 is 23.2 Å². The average molecular weight is 351 g/mol. The molecule has 0 saturated heterocycles. The highest BCUT2D eigenvalue weighted by atomic mass is 35.5. The molecule has 3 rings (SSSR count). The zero-order valence-electron chi connectivity index (χ0n) is 11.7. The van der Waals surface area contributed by atoms with Gasteiger partial charge in [0.25, 0.3) is 5.91 Å². The summed E-state index contributed by atoms with van der Waals surface area (Å²) in [5.74, 6) is -1.91. The van der Waals surface area contributed by atoms with E-state index in [1.54, 1.807) is 24.3 Å². The van der Waals surface area contributed by atoms with Crippen molar-refractivity contribution in [2.24, 2.45) is 0 Å². The number of amides is 1. The number of aldehydes is 1. The van der Waals surface area contributed by atoms with Gasteiger partial charge in [-0.15, -0.1) is 0 Å². The molecule has 2 atom stereocenters. The molecule has 7 heteroatoms. The molecule has 1 aliphatic rings. The Kier molecular flexibility index (Phi) is 3.80. The number of nitrogens with two attached hydrogens (primary N) is 1. The van der Waals surface area contributed by atoms with Gasteiger partial charge in [-0.2, -0.15) is 0 Å². The highest BCUT2D eigenvalue weighted by Crippen LogP contribution is 2.50. The first kappa shape index (κ1) is 15.8. The van der Waals surface area contributed by atoms with Crippen LogP contribution in [0.3, 0.4) is 0 Å². The second kappa shape index (κ2) is 5.53. The van der Waals surface area contributed by atoms with Crippen LogP contribution < -0.4 is 11.1 Å². The maximum atomic E-state index is 12.4. The molecule has 2 aromatic rings. The summed E-state index contributed by atoms with van der Waals surface area (Å²) in [4.78, 5) is 24.1. The van der Waals surface area contributed by atoms with Gasteiger partial charge in [-0.1, -0.05) is 35.3 Å². The number of hydrogen-bond donors (Lipinski definition) is 3. The van der Waals surface area contributed by atoms with Gasteiger partial charge in [0.05, 0.1) is 16.6 Å². The molecule has 4 N–H and O–H groups in total. The Morgan fingerprint density at radius 3 is 2.35 bits per heavy atom. The number of halogens is 2. The van der Waals surface area contributed by atoms with Crippen molar-refractivity contribution in [3.8, 4) is 0 Å². The maximum Gasteiger partial charge on any atom is 0.262 e. The molecule has 0 spiro atoms. The highest BCUT2D eigenvalue weighted by Gasteiger charge is 2.53. The fraction of sp³-hybridized carbons (Fsp3) is 0.125. The first-order valence-electron chi connectivity index (χ1n) is 6.72. The molecule has 118 valence electrons. The molecule has 23 heavy (non-hydrogen) atoms. The van der Waals surface area contributed by atoms with Gasteiger partial charge in [0.15, 0.2) is 5.60 Å². The Labute approximate surface area is 142 Å². The molecule has 1 aliphatic heterocycles. The number of anilines is 2. The summed E-state index contributed by atoms with van der Waals surface area (Å²) in [7, 11) is 0. The second-order valence-electron chi connectivity index (χ2n) is 5.28.